The van der Waals surface area contributed by atoms with Crippen LogP contribution in [0.25, 0.3) is 0 Å². The van der Waals surface area contributed by atoms with Crippen molar-refractivity contribution in [3.8, 4) is 0 Å². The molecular weight excluding hydrogens is 238 g/mol. The van der Waals surface area contributed by atoms with Crippen LogP contribution in [0.4, 0.5) is 0 Å². The van der Waals surface area contributed by atoms with E-state index < -0.39 is 0 Å². The molecule has 1 saturated heterocycles. The molecule has 4 nitrogen and oxygen atoms in total. The quantitative estimate of drug-likeness (QED) is 0.807. The first kappa shape index (κ1) is 14.0. The maximum absolute atomic E-state index is 11.3. The number of likely N-dealkylation sites (N-methyl/N-ethyl adjacent to an activating group) is 1. The molecule has 1 unspecified atom stereocenters. The van der Waals surface area contributed by atoms with Crippen molar-refractivity contribution in [3.63, 3.8) is 0 Å². The van der Waals surface area contributed by atoms with Gasteiger partial charge in [0.1, 0.15) is 0 Å². The van der Waals surface area contributed by atoms with E-state index in [1.54, 1.807) is 6.92 Å². The Kier molecular flexibility index (Phi) is 4.91. The average Bonchev–Trinajstić information content (AvgIpc) is 2.88. The van der Waals surface area contributed by atoms with Gasteiger partial charge < -0.3 is 9.80 Å². The van der Waals surface area contributed by atoms with Crippen molar-refractivity contribution in [3.05, 3.63) is 30.1 Å². The van der Waals surface area contributed by atoms with Crippen LogP contribution in [0.1, 0.15) is 25.3 Å². The van der Waals surface area contributed by atoms with E-state index in [0.29, 0.717) is 6.04 Å². The van der Waals surface area contributed by atoms with Gasteiger partial charge in [-0.05, 0) is 37.4 Å². The van der Waals surface area contributed by atoms with E-state index in [-0.39, 0.29) is 5.91 Å². The second-order valence-corrected chi connectivity index (χ2v) is 5.34. The molecule has 0 radical (unpaired) electrons. The largest absolute Gasteiger partial charge is 0.342 e. The molecule has 1 atom stereocenters. The molecule has 1 aromatic rings. The topological polar surface area (TPSA) is 36.4 Å². The number of likely N-dealkylation sites (tertiary alicyclic amines) is 1. The van der Waals surface area contributed by atoms with E-state index in [1.807, 2.05) is 30.4 Å². The Bertz CT molecular complexity index is 407. The van der Waals surface area contributed by atoms with Gasteiger partial charge in [-0.15, -0.1) is 0 Å². The third kappa shape index (κ3) is 4.03. The van der Waals surface area contributed by atoms with Crippen molar-refractivity contribution in [2.24, 2.45) is 0 Å². The van der Waals surface area contributed by atoms with Crippen LogP contribution in [0.5, 0.6) is 0 Å². The molecule has 1 aliphatic rings. The summed E-state index contributed by atoms with van der Waals surface area (Å²) in [7, 11) is 1.91. The molecule has 1 amide bonds. The number of nitrogens with zero attached hydrogens (tertiary/aromatic N) is 3. The van der Waals surface area contributed by atoms with Crippen molar-refractivity contribution < 1.29 is 4.79 Å². The molecule has 0 spiro atoms. The normalized spacial score (nSPS) is 19.6. The smallest absolute Gasteiger partial charge is 0.219 e. The minimum Gasteiger partial charge on any atom is -0.342 e. The number of carbonyl (C=O) groups is 1. The van der Waals surface area contributed by atoms with Crippen molar-refractivity contribution >= 4 is 5.91 Å². The molecule has 0 N–H and O–H groups in total. The number of pyridine rings is 1. The van der Waals surface area contributed by atoms with Gasteiger partial charge in [0.15, 0.2) is 0 Å². The Morgan fingerprint density at radius 2 is 2.42 bits per heavy atom. The fourth-order valence-corrected chi connectivity index (χ4v) is 2.64. The van der Waals surface area contributed by atoms with Gasteiger partial charge in [-0.2, -0.15) is 0 Å². The highest BCUT2D eigenvalue weighted by Gasteiger charge is 2.26. The highest BCUT2D eigenvalue weighted by Crippen LogP contribution is 2.15. The molecular formula is C15H23N3O. The van der Waals surface area contributed by atoms with Gasteiger partial charge in [-0.25, -0.2) is 0 Å². The maximum Gasteiger partial charge on any atom is 0.219 e. The Balaban J connectivity index is 1.70. The Labute approximate surface area is 115 Å². The molecule has 0 aliphatic carbocycles. The van der Waals surface area contributed by atoms with Gasteiger partial charge in [-0.1, -0.05) is 6.07 Å². The Morgan fingerprint density at radius 1 is 1.58 bits per heavy atom. The second kappa shape index (κ2) is 6.66. The summed E-state index contributed by atoms with van der Waals surface area (Å²) in [4.78, 5) is 19.8. The molecule has 4 heteroatoms. The maximum atomic E-state index is 11.3. The Hall–Kier alpha value is -1.42. The first-order valence-electron chi connectivity index (χ1n) is 7.01. The molecule has 2 heterocycles. The van der Waals surface area contributed by atoms with Crippen LogP contribution in [0.15, 0.2) is 24.5 Å². The lowest BCUT2D eigenvalue weighted by molar-refractivity contribution is -0.129. The minimum absolute atomic E-state index is 0.169. The van der Waals surface area contributed by atoms with Crippen molar-refractivity contribution in [1.29, 1.82) is 0 Å². The number of hydrogen-bond donors (Lipinski definition) is 0. The zero-order valence-electron chi connectivity index (χ0n) is 11.9. The summed E-state index contributed by atoms with van der Waals surface area (Å²) < 4.78 is 0. The van der Waals surface area contributed by atoms with Crippen molar-refractivity contribution in [1.82, 2.24) is 14.8 Å². The molecule has 104 valence electrons. The fourth-order valence-electron chi connectivity index (χ4n) is 2.64. The van der Waals surface area contributed by atoms with E-state index in [9.17, 15) is 4.79 Å². The molecule has 2 rings (SSSR count). The number of hydrogen-bond acceptors (Lipinski definition) is 3. The monoisotopic (exact) mass is 261 g/mol. The van der Waals surface area contributed by atoms with Gasteiger partial charge >= 0.3 is 0 Å². The molecule has 1 fully saturated rings. The predicted octanol–water partition coefficient (Wildman–Crippen LogP) is 1.57. The predicted molar refractivity (Wildman–Crippen MR) is 75.8 cm³/mol. The van der Waals surface area contributed by atoms with E-state index in [4.69, 9.17) is 0 Å². The standard InChI is InChI=1S/C15H23N3O/c1-13(19)17(2)15-7-10-18(12-15)9-4-6-14-5-3-8-16-11-14/h3,5,8,11,15H,4,6-7,9-10,12H2,1-2H3. The first-order chi connectivity index (χ1) is 9.16. The van der Waals surface area contributed by atoms with Gasteiger partial charge in [0, 0.05) is 45.5 Å². The summed E-state index contributed by atoms with van der Waals surface area (Å²) in [5.41, 5.74) is 1.30. The van der Waals surface area contributed by atoms with Crippen LogP contribution >= 0.6 is 0 Å². The number of aryl methyl sites for hydroxylation is 1. The summed E-state index contributed by atoms with van der Waals surface area (Å²) >= 11 is 0. The minimum atomic E-state index is 0.169. The summed E-state index contributed by atoms with van der Waals surface area (Å²) in [6.07, 6.45) is 7.09. The van der Waals surface area contributed by atoms with E-state index in [1.165, 1.54) is 5.56 Å². The second-order valence-electron chi connectivity index (χ2n) is 5.34. The van der Waals surface area contributed by atoms with Crippen LogP contribution in [-0.4, -0.2) is 53.4 Å². The van der Waals surface area contributed by atoms with Crippen LogP contribution in [0, 0.1) is 0 Å². The van der Waals surface area contributed by atoms with Crippen LogP contribution in [0.3, 0.4) is 0 Å². The van der Waals surface area contributed by atoms with Crippen LogP contribution < -0.4 is 0 Å². The average molecular weight is 261 g/mol. The zero-order valence-corrected chi connectivity index (χ0v) is 11.9. The highest BCUT2D eigenvalue weighted by atomic mass is 16.2. The molecule has 1 aliphatic heterocycles. The lowest BCUT2D eigenvalue weighted by Gasteiger charge is -2.23. The van der Waals surface area contributed by atoms with E-state index >= 15 is 0 Å². The third-order valence-electron chi connectivity index (χ3n) is 3.95. The number of aromatic nitrogens is 1. The number of rotatable bonds is 5. The summed E-state index contributed by atoms with van der Waals surface area (Å²) in [6, 6.07) is 4.52. The van der Waals surface area contributed by atoms with Crippen LogP contribution in [-0.2, 0) is 11.2 Å². The molecule has 0 aromatic carbocycles. The first-order valence-corrected chi connectivity index (χ1v) is 7.01. The van der Waals surface area contributed by atoms with Gasteiger partial charge in [0.05, 0.1) is 0 Å². The summed E-state index contributed by atoms with van der Waals surface area (Å²) in [6.45, 7) is 4.88. The zero-order chi connectivity index (χ0) is 13.7. The fraction of sp³-hybridized carbons (Fsp3) is 0.600. The van der Waals surface area contributed by atoms with Crippen LogP contribution in [0.2, 0.25) is 0 Å². The SMILES string of the molecule is CC(=O)N(C)C1CCN(CCCc2cccnc2)C1. The lowest BCUT2D eigenvalue weighted by atomic mass is 10.1. The van der Waals surface area contributed by atoms with Gasteiger partial charge in [-0.3, -0.25) is 9.78 Å². The van der Waals surface area contributed by atoms with Crippen molar-refractivity contribution in [2.45, 2.75) is 32.2 Å². The number of carbonyl (C=O) groups excluding carboxylic acids is 1. The summed E-state index contributed by atoms with van der Waals surface area (Å²) in [5.74, 6) is 0.169. The van der Waals surface area contributed by atoms with Gasteiger partial charge in [0.25, 0.3) is 0 Å². The summed E-state index contributed by atoms with van der Waals surface area (Å²) in [5, 5.41) is 0. The molecule has 0 bridgehead atoms. The number of amides is 1. The highest BCUT2D eigenvalue weighted by molar-refractivity contribution is 5.73. The third-order valence-corrected chi connectivity index (χ3v) is 3.95. The molecule has 1 aromatic heterocycles. The Morgan fingerprint density at radius 3 is 3.11 bits per heavy atom. The van der Waals surface area contributed by atoms with E-state index in [2.05, 4.69) is 16.0 Å². The molecule has 0 saturated carbocycles. The van der Waals surface area contributed by atoms with Gasteiger partial charge in [0.2, 0.25) is 5.91 Å². The lowest BCUT2D eigenvalue weighted by Crippen LogP contribution is -2.37. The van der Waals surface area contributed by atoms with E-state index in [0.717, 1.165) is 38.9 Å². The van der Waals surface area contributed by atoms with Crippen molar-refractivity contribution in [2.75, 3.05) is 26.7 Å². The molecule has 19 heavy (non-hydrogen) atoms.